The molecule has 0 bridgehead atoms. The van der Waals surface area contributed by atoms with Crippen molar-refractivity contribution >= 4 is 22.4 Å². The smallest absolute Gasteiger partial charge is 0.246 e. The number of nitrogens with two attached hydrogens (primary N) is 1. The van der Waals surface area contributed by atoms with Gasteiger partial charge in [-0.3, -0.25) is 4.79 Å². The Balaban J connectivity index is 1.71. The predicted molar refractivity (Wildman–Crippen MR) is 68.1 cm³/mol. The highest BCUT2D eigenvalue weighted by Crippen LogP contribution is 2.39. The van der Waals surface area contributed by atoms with E-state index in [9.17, 15) is 4.79 Å². The number of anilines is 1. The first-order valence-electron chi connectivity index (χ1n) is 6.16. The van der Waals surface area contributed by atoms with Crippen LogP contribution in [-0.2, 0) is 17.6 Å². The van der Waals surface area contributed by atoms with E-state index in [0.29, 0.717) is 5.92 Å². The monoisotopic (exact) mass is 251 g/mol. The molecule has 0 spiro atoms. The second-order valence-corrected chi connectivity index (χ2v) is 6.34. The summed E-state index contributed by atoms with van der Waals surface area (Å²) in [5.41, 5.74) is 6.49. The van der Waals surface area contributed by atoms with E-state index in [4.69, 9.17) is 5.73 Å². The van der Waals surface area contributed by atoms with Gasteiger partial charge in [0.15, 0.2) is 5.13 Å². The minimum absolute atomic E-state index is 0.0903. The molecule has 1 aromatic heterocycles. The molecule has 1 saturated carbocycles. The highest BCUT2D eigenvalue weighted by atomic mass is 32.1. The highest BCUT2D eigenvalue weighted by molar-refractivity contribution is 7.15. The summed E-state index contributed by atoms with van der Waals surface area (Å²) in [6, 6.07) is 0. The van der Waals surface area contributed by atoms with Gasteiger partial charge in [0.05, 0.1) is 11.2 Å². The summed E-state index contributed by atoms with van der Waals surface area (Å²) in [6.45, 7) is 1.82. The van der Waals surface area contributed by atoms with Gasteiger partial charge in [0.1, 0.15) is 0 Å². The number of aromatic nitrogens is 1. The molecule has 0 aliphatic heterocycles. The van der Waals surface area contributed by atoms with Crippen LogP contribution in [-0.4, -0.2) is 16.4 Å². The quantitative estimate of drug-likeness (QED) is 0.859. The Hall–Kier alpha value is -0.940. The van der Waals surface area contributed by atoms with E-state index >= 15 is 0 Å². The topological polar surface area (TPSA) is 68.0 Å². The maximum Gasteiger partial charge on any atom is 0.246 e. The van der Waals surface area contributed by atoms with E-state index in [2.05, 4.69) is 10.3 Å². The van der Waals surface area contributed by atoms with Crippen LogP contribution in [0.25, 0.3) is 0 Å². The lowest BCUT2D eigenvalue weighted by atomic mass is 9.96. The zero-order chi connectivity index (χ0) is 12.0. The molecule has 92 valence electrons. The van der Waals surface area contributed by atoms with Crippen LogP contribution in [0.15, 0.2) is 0 Å². The second kappa shape index (κ2) is 3.78. The minimum atomic E-state index is -0.740. The van der Waals surface area contributed by atoms with Crippen LogP contribution in [0.3, 0.4) is 0 Å². The van der Waals surface area contributed by atoms with Crippen molar-refractivity contribution in [2.24, 2.45) is 11.7 Å². The van der Waals surface area contributed by atoms with Gasteiger partial charge in [-0.15, -0.1) is 11.3 Å². The van der Waals surface area contributed by atoms with Crippen LogP contribution in [0, 0.1) is 5.92 Å². The molecule has 4 nitrogen and oxygen atoms in total. The summed E-state index contributed by atoms with van der Waals surface area (Å²) >= 11 is 1.60. The van der Waals surface area contributed by atoms with Gasteiger partial charge in [-0.05, 0) is 44.9 Å². The summed E-state index contributed by atoms with van der Waals surface area (Å²) in [5.74, 6) is 0.252. The standard InChI is InChI=1S/C12H17N3OS/c1-12(13,7-5-6-7)10(16)15-11-14-8-3-2-4-9(8)17-11/h7H,2-6,13H2,1H3,(H,14,15,16). The third-order valence-corrected chi connectivity index (χ3v) is 4.80. The van der Waals surface area contributed by atoms with Crippen molar-refractivity contribution in [2.75, 3.05) is 5.32 Å². The third kappa shape index (κ3) is 1.98. The Morgan fingerprint density at radius 3 is 2.94 bits per heavy atom. The number of carbonyl (C=O) groups excluding carboxylic acids is 1. The summed E-state index contributed by atoms with van der Waals surface area (Å²) < 4.78 is 0. The predicted octanol–water partition coefficient (Wildman–Crippen LogP) is 1.70. The summed E-state index contributed by atoms with van der Waals surface area (Å²) in [6.07, 6.45) is 5.47. The average Bonchev–Trinajstić information content (AvgIpc) is 2.93. The van der Waals surface area contributed by atoms with Crippen molar-refractivity contribution < 1.29 is 4.79 Å². The van der Waals surface area contributed by atoms with Crippen LogP contribution in [0.1, 0.15) is 36.8 Å². The van der Waals surface area contributed by atoms with Crippen molar-refractivity contribution in [3.8, 4) is 0 Å². The number of aryl methyl sites for hydroxylation is 2. The van der Waals surface area contributed by atoms with Gasteiger partial charge >= 0.3 is 0 Å². The van der Waals surface area contributed by atoms with Crippen LogP contribution < -0.4 is 11.1 Å². The fourth-order valence-corrected chi connectivity index (χ4v) is 3.39. The molecular weight excluding hydrogens is 234 g/mol. The normalized spacial score (nSPS) is 22.0. The maximum absolute atomic E-state index is 12.1. The Bertz CT molecular complexity index is 441. The first-order valence-corrected chi connectivity index (χ1v) is 6.98. The minimum Gasteiger partial charge on any atom is -0.317 e. The number of hydrogen-bond donors (Lipinski definition) is 2. The van der Waals surface area contributed by atoms with Crippen molar-refractivity contribution in [1.82, 2.24) is 4.98 Å². The molecule has 1 fully saturated rings. The zero-order valence-electron chi connectivity index (χ0n) is 9.95. The zero-order valence-corrected chi connectivity index (χ0v) is 10.8. The van der Waals surface area contributed by atoms with Gasteiger partial charge in [0.2, 0.25) is 5.91 Å². The fourth-order valence-electron chi connectivity index (χ4n) is 2.34. The van der Waals surface area contributed by atoms with E-state index in [1.807, 2.05) is 6.92 Å². The van der Waals surface area contributed by atoms with Gasteiger partial charge in [0, 0.05) is 4.88 Å². The van der Waals surface area contributed by atoms with Crippen molar-refractivity contribution in [3.63, 3.8) is 0 Å². The van der Waals surface area contributed by atoms with Crippen molar-refractivity contribution in [1.29, 1.82) is 0 Å². The number of nitrogens with one attached hydrogen (secondary N) is 1. The SMILES string of the molecule is CC(N)(C(=O)Nc1nc2c(s1)CCC2)C1CC1. The highest BCUT2D eigenvalue weighted by Gasteiger charge is 2.44. The third-order valence-electron chi connectivity index (χ3n) is 3.73. The molecule has 1 unspecified atom stereocenters. The van der Waals surface area contributed by atoms with E-state index in [0.717, 1.165) is 36.5 Å². The van der Waals surface area contributed by atoms with Gasteiger partial charge < -0.3 is 11.1 Å². The number of fused-ring (bicyclic) bond motifs is 1. The van der Waals surface area contributed by atoms with Crippen LogP contribution in [0.2, 0.25) is 0 Å². The molecular formula is C12H17N3OS. The lowest BCUT2D eigenvalue weighted by Crippen LogP contribution is -2.50. The molecule has 1 aromatic rings. The average molecular weight is 251 g/mol. The summed E-state index contributed by atoms with van der Waals surface area (Å²) in [5, 5.41) is 3.60. The van der Waals surface area contributed by atoms with Crippen molar-refractivity contribution in [3.05, 3.63) is 10.6 Å². The first kappa shape index (κ1) is 11.2. The number of thiazole rings is 1. The molecule has 2 aliphatic rings. The van der Waals surface area contributed by atoms with Gasteiger partial charge in [-0.25, -0.2) is 4.98 Å². The van der Waals surface area contributed by atoms with Crippen LogP contribution in [0.5, 0.6) is 0 Å². The van der Waals surface area contributed by atoms with Crippen LogP contribution in [0.4, 0.5) is 5.13 Å². The Labute approximate surface area is 105 Å². The molecule has 0 radical (unpaired) electrons. The van der Waals surface area contributed by atoms with E-state index < -0.39 is 5.54 Å². The number of rotatable bonds is 3. The number of carbonyl (C=O) groups is 1. The molecule has 0 aromatic carbocycles. The molecule has 17 heavy (non-hydrogen) atoms. The van der Waals surface area contributed by atoms with Gasteiger partial charge in [-0.2, -0.15) is 0 Å². The maximum atomic E-state index is 12.1. The summed E-state index contributed by atoms with van der Waals surface area (Å²) in [4.78, 5) is 17.9. The molecule has 3 N–H and O–H groups in total. The number of nitrogens with zero attached hydrogens (tertiary/aromatic N) is 1. The molecule has 1 amide bonds. The summed E-state index contributed by atoms with van der Waals surface area (Å²) in [7, 11) is 0. The largest absolute Gasteiger partial charge is 0.317 e. The molecule has 3 rings (SSSR count). The van der Waals surface area contributed by atoms with Crippen molar-refractivity contribution in [2.45, 2.75) is 44.6 Å². The lowest BCUT2D eigenvalue weighted by Gasteiger charge is -2.22. The molecule has 1 atom stereocenters. The number of amides is 1. The second-order valence-electron chi connectivity index (χ2n) is 5.25. The molecule has 2 aliphatic carbocycles. The lowest BCUT2D eigenvalue weighted by molar-refractivity contribution is -0.121. The molecule has 5 heteroatoms. The van der Waals surface area contributed by atoms with E-state index in [-0.39, 0.29) is 5.91 Å². The van der Waals surface area contributed by atoms with E-state index in [1.165, 1.54) is 11.3 Å². The Morgan fingerprint density at radius 2 is 2.29 bits per heavy atom. The Morgan fingerprint density at radius 1 is 1.53 bits per heavy atom. The van der Waals surface area contributed by atoms with E-state index in [1.54, 1.807) is 11.3 Å². The van der Waals surface area contributed by atoms with Gasteiger partial charge in [0.25, 0.3) is 0 Å². The molecule has 1 heterocycles. The fraction of sp³-hybridized carbons (Fsp3) is 0.667. The van der Waals surface area contributed by atoms with Gasteiger partial charge in [-0.1, -0.05) is 0 Å². The first-order chi connectivity index (χ1) is 8.07. The molecule has 0 saturated heterocycles. The van der Waals surface area contributed by atoms with Crippen LogP contribution >= 0.6 is 11.3 Å². The Kier molecular flexibility index (Phi) is 2.48. The number of hydrogen-bond acceptors (Lipinski definition) is 4.